The van der Waals surface area contributed by atoms with Gasteiger partial charge in [-0.25, -0.2) is 4.98 Å². The number of pyridine rings is 2. The van der Waals surface area contributed by atoms with Crippen LogP contribution in [0.2, 0.25) is 0 Å². The van der Waals surface area contributed by atoms with Crippen molar-refractivity contribution in [3.63, 3.8) is 0 Å². The Kier molecular flexibility index (Phi) is 22.0. The minimum atomic E-state index is -0.0555. The van der Waals surface area contributed by atoms with Gasteiger partial charge in [0.1, 0.15) is 0 Å². The van der Waals surface area contributed by atoms with E-state index in [1.807, 2.05) is 61.2 Å². The molecule has 1 aliphatic rings. The van der Waals surface area contributed by atoms with E-state index in [1.165, 1.54) is 241 Å². The van der Waals surface area contributed by atoms with E-state index in [4.69, 9.17) is 9.97 Å². The van der Waals surface area contributed by atoms with Gasteiger partial charge in [-0.05, 0) is 329 Å². The smallest absolute Gasteiger partial charge is 0.0894 e. The van der Waals surface area contributed by atoms with Gasteiger partial charge in [-0.1, -0.05) is 458 Å². The number of nitrogens with zero attached hydrogens (tertiary/aromatic N) is 4. The van der Waals surface area contributed by atoms with Gasteiger partial charge < -0.3 is 0 Å². The van der Waals surface area contributed by atoms with Gasteiger partial charge in [0, 0.05) is 40.7 Å². The van der Waals surface area contributed by atoms with Crippen LogP contribution in [0.5, 0.6) is 0 Å². The quantitative estimate of drug-likeness (QED) is 0.114. The fraction of sp³-hybridized carbons (Fsp3) is 0.103. The molecule has 0 atom stereocenters. The second-order valence-electron chi connectivity index (χ2n) is 44.4. The maximum Gasteiger partial charge on any atom is 0.0894 e. The first-order valence-corrected chi connectivity index (χ1v) is 52.2. The molecule has 0 aliphatic heterocycles. The molecule has 3 heterocycles. The van der Waals surface area contributed by atoms with Crippen molar-refractivity contribution >= 4 is 119 Å². The Morgan fingerprint density at radius 2 is 0.530 bits per heavy atom. The van der Waals surface area contributed by atoms with Gasteiger partial charge in [0.15, 0.2) is 0 Å². The Morgan fingerprint density at radius 1 is 0.181 bits per heavy atom. The van der Waals surface area contributed by atoms with E-state index in [0.29, 0.717) is 0 Å². The lowest BCUT2D eigenvalue weighted by Crippen LogP contribution is -2.14. The van der Waals surface area contributed by atoms with Crippen molar-refractivity contribution in [3.05, 3.63) is 495 Å². The van der Waals surface area contributed by atoms with Gasteiger partial charge in [-0.15, -0.1) is 0 Å². The molecule has 0 bridgehead atoms. The molecule has 0 amide bonds. The number of fused-ring (bicyclic) bond motifs is 5. The molecule has 27 aromatic rings. The zero-order valence-corrected chi connectivity index (χ0v) is 85.7. The van der Waals surface area contributed by atoms with E-state index >= 15 is 0 Å². The average Bonchev–Trinajstić information content (AvgIpc) is 1.70. The SMILES string of the molecule is CC(C)(C)c1cc2ccc3c(-c4ccc(-c5ccc(-c6ccccc6)nc5)cc4)cc(-c4cc(-c5ccccc5)ccc4-c4ccccc4)c4ccc(c1)c2c34.CC(C)(C)c1cc2ccc3c(-c4ccc(-c5cccnc5)cc4)cc(-c4ccc5c(c4)C(C)(C)c4ccccc4-5)c4ccc(c1)c2c34.CC(C)(C)c1cc2ccc3c(-c4ccc(-c5cnc6ccccc6n5)cc4)cc(-c4ccc5ccccc5c4)c4ccc(c1)c2c34. The molecular weight excluding hydrogens is 1800 g/mol. The van der Waals surface area contributed by atoms with Gasteiger partial charge in [-0.3, -0.25) is 15.0 Å². The summed E-state index contributed by atoms with van der Waals surface area (Å²) in [6.07, 6.45) is 7.62. The van der Waals surface area contributed by atoms with E-state index in [2.05, 4.69) is 493 Å². The molecule has 0 radical (unpaired) electrons. The predicted octanol–water partition coefficient (Wildman–Crippen LogP) is 39.8. The van der Waals surface area contributed by atoms with Gasteiger partial charge in [-0.2, -0.15) is 0 Å². The lowest BCUT2D eigenvalue weighted by Gasteiger charge is -2.24. The molecule has 3 aromatic heterocycles. The van der Waals surface area contributed by atoms with E-state index in [1.54, 1.807) is 0 Å². The summed E-state index contributed by atoms with van der Waals surface area (Å²) in [7, 11) is 0. The number of aromatic nitrogens is 4. The lowest BCUT2D eigenvalue weighted by molar-refractivity contribution is 0.591. The molecule has 4 nitrogen and oxygen atoms in total. The molecule has 0 fully saturated rings. The van der Waals surface area contributed by atoms with Crippen LogP contribution in [0.15, 0.2) is 468 Å². The third kappa shape index (κ3) is 16.3. The second-order valence-corrected chi connectivity index (χ2v) is 44.4. The topological polar surface area (TPSA) is 51.6 Å². The molecule has 0 saturated carbocycles. The Balaban J connectivity index is 0.000000114. The normalized spacial score (nSPS) is 12.6. The van der Waals surface area contributed by atoms with Crippen LogP contribution in [0.3, 0.4) is 0 Å². The number of rotatable bonds is 12. The number of benzene rings is 24. The Bertz CT molecular complexity index is 9840. The van der Waals surface area contributed by atoms with Crippen molar-refractivity contribution in [1.29, 1.82) is 0 Å². The summed E-state index contributed by atoms with van der Waals surface area (Å²) in [5.74, 6) is 0. The molecule has 4 heteroatoms. The summed E-state index contributed by atoms with van der Waals surface area (Å²) in [4.78, 5) is 18.7. The molecular formula is C145H110N4. The van der Waals surface area contributed by atoms with Crippen LogP contribution < -0.4 is 0 Å². The summed E-state index contributed by atoms with van der Waals surface area (Å²) < 4.78 is 0. The molecule has 28 rings (SSSR count). The third-order valence-corrected chi connectivity index (χ3v) is 31.7. The highest BCUT2D eigenvalue weighted by Crippen LogP contribution is 2.55. The van der Waals surface area contributed by atoms with Gasteiger partial charge in [0.2, 0.25) is 0 Å². The maximum absolute atomic E-state index is 4.89. The largest absolute Gasteiger partial charge is 0.264 e. The van der Waals surface area contributed by atoms with Crippen LogP contribution in [0.1, 0.15) is 104 Å². The number of hydrogen-bond donors (Lipinski definition) is 0. The molecule has 0 saturated heterocycles. The third-order valence-electron chi connectivity index (χ3n) is 31.7. The first-order valence-electron chi connectivity index (χ1n) is 52.2. The highest BCUT2D eigenvalue weighted by atomic mass is 14.8. The van der Waals surface area contributed by atoms with Crippen LogP contribution in [0.4, 0.5) is 0 Å². The molecule has 710 valence electrons. The van der Waals surface area contributed by atoms with Crippen LogP contribution in [-0.2, 0) is 21.7 Å². The fourth-order valence-corrected chi connectivity index (χ4v) is 23.6. The van der Waals surface area contributed by atoms with E-state index in [9.17, 15) is 0 Å². The first kappa shape index (κ1) is 91.3. The molecule has 24 aromatic carbocycles. The van der Waals surface area contributed by atoms with Crippen molar-refractivity contribution in [3.8, 4) is 145 Å². The molecule has 0 spiro atoms. The highest BCUT2D eigenvalue weighted by molar-refractivity contribution is 6.32. The van der Waals surface area contributed by atoms with Gasteiger partial charge in [0.25, 0.3) is 0 Å². The Morgan fingerprint density at radius 3 is 1.02 bits per heavy atom. The van der Waals surface area contributed by atoms with Crippen molar-refractivity contribution in [2.45, 2.75) is 97.8 Å². The van der Waals surface area contributed by atoms with Crippen molar-refractivity contribution in [2.24, 2.45) is 0 Å². The van der Waals surface area contributed by atoms with Gasteiger partial charge >= 0.3 is 0 Å². The summed E-state index contributed by atoms with van der Waals surface area (Å²) in [6.45, 7) is 25.4. The van der Waals surface area contributed by atoms with Crippen molar-refractivity contribution in [2.75, 3.05) is 0 Å². The van der Waals surface area contributed by atoms with Crippen LogP contribution >= 0.6 is 0 Å². The monoisotopic (exact) mass is 1910 g/mol. The Labute approximate surface area is 870 Å². The minimum absolute atomic E-state index is 0.0440. The maximum atomic E-state index is 4.89. The van der Waals surface area contributed by atoms with E-state index in [0.717, 1.165) is 50.2 Å². The van der Waals surface area contributed by atoms with Crippen molar-refractivity contribution in [1.82, 2.24) is 19.9 Å². The summed E-state index contributed by atoms with van der Waals surface area (Å²) in [6, 6.07) is 164. The number of hydrogen-bond acceptors (Lipinski definition) is 4. The predicted molar refractivity (Wildman–Crippen MR) is 636 cm³/mol. The standard InChI is InChI=1S/C55H41N.C46H37N.C44H32N2/c1-55(2,3)45-31-42-24-28-47-49(39-21-19-37(20-22-39)44-26-30-52(56-35-44)40-17-11-6-12-18-40)34-51(48-29-25-43(32-45)53(42)54(47)48)50-33-41(36-13-7-4-8-14-36)23-27-46(50)38-15-9-5-10-16-38;1-45(2,3)34-23-31-17-20-37-39(29-14-12-28(13-15-29)33-9-8-22-47-27-33)26-40(38-21-18-32(24-34)43(31)44(37)38)30-16-19-36-35-10-6-7-11-41(35)46(4,5)42(36)25-30;1-44(2,3)34-23-32-18-20-35-37(28-13-15-29(16-14-28)41-26-45-39-10-6-7-11-40(39)46-41)25-38(36-21-19-33(24-34)42(32)43(35)36)31-17-12-27-8-4-5-9-30(27)22-31/h4-35H,1-3H3;6-27H,1-5H3;4-26H,1-3H3. The Hall–Kier alpha value is -17.7. The second kappa shape index (κ2) is 35.9. The first-order chi connectivity index (χ1) is 72.5. The molecule has 149 heavy (non-hydrogen) atoms. The van der Waals surface area contributed by atoms with Crippen LogP contribution in [0.25, 0.3) is 264 Å². The average molecular weight is 1910 g/mol. The van der Waals surface area contributed by atoms with Crippen LogP contribution in [0, 0.1) is 0 Å². The summed E-state index contributed by atoms with van der Waals surface area (Å²) >= 11 is 0. The lowest BCUT2D eigenvalue weighted by atomic mass is 9.80. The van der Waals surface area contributed by atoms with E-state index in [-0.39, 0.29) is 21.7 Å². The number of para-hydroxylation sites is 2. The zero-order chi connectivity index (χ0) is 101. The van der Waals surface area contributed by atoms with Crippen LogP contribution in [-0.4, -0.2) is 19.9 Å². The van der Waals surface area contributed by atoms with E-state index < -0.39 is 0 Å². The molecule has 0 unspecified atom stereocenters. The molecule has 0 N–H and O–H groups in total. The minimum Gasteiger partial charge on any atom is -0.264 e. The molecule has 1 aliphatic carbocycles. The van der Waals surface area contributed by atoms with Crippen molar-refractivity contribution < 1.29 is 0 Å². The fourth-order valence-electron chi connectivity index (χ4n) is 23.6. The zero-order valence-electron chi connectivity index (χ0n) is 85.7. The summed E-state index contributed by atoms with van der Waals surface area (Å²) in [5.41, 5.74) is 39.9. The highest BCUT2D eigenvalue weighted by Gasteiger charge is 2.36. The van der Waals surface area contributed by atoms with Gasteiger partial charge in [0.05, 0.1) is 28.6 Å². The summed E-state index contributed by atoms with van der Waals surface area (Å²) in [5, 5.41) is 26.1.